The minimum Gasteiger partial charge on any atom is -0.496 e. The molecule has 3 aliphatic rings. The summed E-state index contributed by atoms with van der Waals surface area (Å²) in [5.41, 5.74) is 5.89. The van der Waals surface area contributed by atoms with Crippen molar-refractivity contribution in [1.29, 1.82) is 0 Å². The van der Waals surface area contributed by atoms with Crippen LogP contribution in [0.5, 0.6) is 11.5 Å². The van der Waals surface area contributed by atoms with E-state index in [9.17, 15) is 0 Å². The minimum absolute atomic E-state index is 0.479. The topological polar surface area (TPSA) is 70.6 Å². The number of rotatable bonds is 7. The van der Waals surface area contributed by atoms with Gasteiger partial charge in [0.15, 0.2) is 0 Å². The standard InChI is InChI=1S/C26H33N3O5/c1-15-24(22-20(31-3)9-17(14-30-2)10-21(22)32-4)29-26(34-15)25-23(27-29)19-11-18(19)13-28(25)12-16-5-7-33-8-6-16/h9-10,16,18-19H,5-8,11-14H2,1-4H3. The largest absolute Gasteiger partial charge is 0.496 e. The van der Waals surface area contributed by atoms with Gasteiger partial charge in [-0.25, -0.2) is 0 Å². The molecule has 182 valence electrons. The third-order valence-electron chi connectivity index (χ3n) is 7.62. The molecule has 8 heteroatoms. The van der Waals surface area contributed by atoms with E-state index in [4.69, 9.17) is 28.5 Å². The molecule has 1 aromatic carbocycles. The van der Waals surface area contributed by atoms with E-state index in [-0.39, 0.29) is 0 Å². The average molecular weight is 468 g/mol. The van der Waals surface area contributed by atoms with Crippen molar-refractivity contribution in [3.63, 3.8) is 0 Å². The second-order valence-electron chi connectivity index (χ2n) is 9.83. The van der Waals surface area contributed by atoms with Crippen LogP contribution in [-0.4, -0.2) is 57.2 Å². The molecule has 34 heavy (non-hydrogen) atoms. The number of hydrogen-bond donors (Lipinski definition) is 0. The van der Waals surface area contributed by atoms with Gasteiger partial charge in [-0.1, -0.05) is 0 Å². The van der Waals surface area contributed by atoms with Crippen LogP contribution in [-0.2, 0) is 16.1 Å². The molecule has 6 rings (SSSR count). The summed E-state index contributed by atoms with van der Waals surface area (Å²) < 4.78 is 31.0. The second kappa shape index (κ2) is 8.50. The molecule has 0 spiro atoms. The van der Waals surface area contributed by atoms with Crippen molar-refractivity contribution in [2.75, 3.05) is 52.5 Å². The van der Waals surface area contributed by atoms with Crippen LogP contribution in [0.1, 0.15) is 42.2 Å². The zero-order valence-electron chi connectivity index (χ0n) is 20.4. The highest BCUT2D eigenvalue weighted by molar-refractivity contribution is 5.82. The normalized spacial score (nSPS) is 22.1. The van der Waals surface area contributed by atoms with E-state index in [1.165, 1.54) is 17.8 Å². The van der Waals surface area contributed by atoms with Crippen LogP contribution in [0.15, 0.2) is 16.5 Å². The summed E-state index contributed by atoms with van der Waals surface area (Å²) in [6.45, 7) is 6.32. The zero-order valence-corrected chi connectivity index (χ0v) is 20.4. The summed E-state index contributed by atoms with van der Waals surface area (Å²) in [5, 5.41) is 5.15. The molecular weight excluding hydrogens is 434 g/mol. The Kier molecular flexibility index (Phi) is 5.45. The number of aromatic nitrogens is 2. The molecule has 2 atom stereocenters. The quantitative estimate of drug-likeness (QED) is 0.510. The summed E-state index contributed by atoms with van der Waals surface area (Å²) in [4.78, 5) is 2.53. The summed E-state index contributed by atoms with van der Waals surface area (Å²) in [6, 6.07) is 3.99. The van der Waals surface area contributed by atoms with Gasteiger partial charge < -0.3 is 28.3 Å². The first-order valence-corrected chi connectivity index (χ1v) is 12.2. The predicted octanol–water partition coefficient (Wildman–Crippen LogP) is 4.42. The number of methoxy groups -OCH3 is 3. The van der Waals surface area contributed by atoms with E-state index in [0.29, 0.717) is 35.9 Å². The average Bonchev–Trinajstić information content (AvgIpc) is 3.43. The van der Waals surface area contributed by atoms with Crippen LogP contribution < -0.4 is 14.4 Å². The SMILES string of the molecule is COCc1cc(OC)c(-c2c(C)oc3c4c(nn23)C2CC2CN4CC2CCOCC2)c(OC)c1. The Labute approximate surface area is 199 Å². The number of ether oxygens (including phenoxy) is 4. The van der Waals surface area contributed by atoms with Gasteiger partial charge in [-0.15, -0.1) is 0 Å². The molecule has 2 unspecified atom stereocenters. The van der Waals surface area contributed by atoms with Gasteiger partial charge in [0.1, 0.15) is 28.6 Å². The first kappa shape index (κ1) is 21.8. The molecular formula is C26H33N3O5. The Morgan fingerprint density at radius 2 is 1.82 bits per heavy atom. The fourth-order valence-corrected chi connectivity index (χ4v) is 5.84. The highest BCUT2D eigenvalue weighted by Crippen LogP contribution is 2.56. The van der Waals surface area contributed by atoms with Gasteiger partial charge in [-0.2, -0.15) is 9.61 Å². The highest BCUT2D eigenvalue weighted by Gasteiger charge is 2.49. The van der Waals surface area contributed by atoms with E-state index in [0.717, 1.165) is 67.4 Å². The highest BCUT2D eigenvalue weighted by atomic mass is 16.5. The first-order valence-electron chi connectivity index (χ1n) is 12.2. The lowest BCUT2D eigenvalue weighted by Gasteiger charge is -2.32. The number of hydrogen-bond acceptors (Lipinski definition) is 7. The van der Waals surface area contributed by atoms with Gasteiger partial charge in [0.05, 0.1) is 32.1 Å². The van der Waals surface area contributed by atoms with E-state index >= 15 is 0 Å². The fourth-order valence-electron chi connectivity index (χ4n) is 5.84. The van der Waals surface area contributed by atoms with E-state index in [1.54, 1.807) is 21.3 Å². The molecule has 2 aromatic heterocycles. The Hall–Kier alpha value is -2.71. The summed E-state index contributed by atoms with van der Waals surface area (Å²) in [6.07, 6.45) is 3.45. The first-order chi connectivity index (χ1) is 16.6. The lowest BCUT2D eigenvalue weighted by Crippen LogP contribution is -2.36. The number of nitrogens with zero attached hydrogens (tertiary/aromatic N) is 3. The van der Waals surface area contributed by atoms with Crippen LogP contribution in [0.25, 0.3) is 17.0 Å². The molecule has 0 N–H and O–H groups in total. The molecule has 2 fully saturated rings. The Bertz CT molecular complexity index is 1180. The molecule has 8 nitrogen and oxygen atoms in total. The maximum Gasteiger partial charge on any atom is 0.246 e. The Morgan fingerprint density at radius 1 is 1.09 bits per heavy atom. The van der Waals surface area contributed by atoms with Gasteiger partial charge in [0, 0.05) is 39.3 Å². The molecule has 2 aliphatic heterocycles. The van der Waals surface area contributed by atoms with Crippen molar-refractivity contribution in [3.8, 4) is 22.8 Å². The summed E-state index contributed by atoms with van der Waals surface area (Å²) in [5.74, 6) is 4.12. The third kappa shape index (κ3) is 3.46. The Balaban J connectivity index is 1.48. The van der Waals surface area contributed by atoms with Crippen LogP contribution in [0.3, 0.4) is 0 Å². The van der Waals surface area contributed by atoms with E-state index < -0.39 is 0 Å². The van der Waals surface area contributed by atoms with Crippen molar-refractivity contribution in [1.82, 2.24) is 9.61 Å². The number of anilines is 1. The van der Waals surface area contributed by atoms with Crippen molar-refractivity contribution in [3.05, 3.63) is 29.2 Å². The molecule has 0 bridgehead atoms. The smallest absolute Gasteiger partial charge is 0.246 e. The molecule has 1 saturated heterocycles. The van der Waals surface area contributed by atoms with Gasteiger partial charge in [0.2, 0.25) is 5.71 Å². The monoisotopic (exact) mass is 467 g/mol. The van der Waals surface area contributed by atoms with E-state index in [2.05, 4.69) is 4.90 Å². The molecule has 0 radical (unpaired) electrons. The van der Waals surface area contributed by atoms with Crippen LogP contribution in [0, 0.1) is 18.8 Å². The predicted molar refractivity (Wildman–Crippen MR) is 128 cm³/mol. The second-order valence-corrected chi connectivity index (χ2v) is 9.83. The van der Waals surface area contributed by atoms with Gasteiger partial charge in [0.25, 0.3) is 0 Å². The summed E-state index contributed by atoms with van der Waals surface area (Å²) in [7, 11) is 5.04. The zero-order chi connectivity index (χ0) is 23.4. The van der Waals surface area contributed by atoms with Crippen molar-refractivity contribution < 1.29 is 23.4 Å². The lowest BCUT2D eigenvalue weighted by atomic mass is 9.98. The van der Waals surface area contributed by atoms with Gasteiger partial charge >= 0.3 is 0 Å². The van der Waals surface area contributed by atoms with Crippen LogP contribution >= 0.6 is 0 Å². The van der Waals surface area contributed by atoms with Gasteiger partial charge in [-0.05, 0) is 55.7 Å². The maximum atomic E-state index is 6.45. The fraction of sp³-hybridized carbons (Fsp3) is 0.577. The Morgan fingerprint density at radius 3 is 2.50 bits per heavy atom. The third-order valence-corrected chi connectivity index (χ3v) is 7.62. The number of oxazole rings is 1. The number of benzene rings is 1. The van der Waals surface area contributed by atoms with Crippen LogP contribution in [0.2, 0.25) is 0 Å². The van der Waals surface area contributed by atoms with Crippen molar-refractivity contribution >= 4 is 11.4 Å². The minimum atomic E-state index is 0.479. The number of aryl methyl sites for hydroxylation is 1. The molecule has 0 amide bonds. The van der Waals surface area contributed by atoms with Gasteiger partial charge in [-0.3, -0.25) is 0 Å². The van der Waals surface area contributed by atoms with Crippen LogP contribution in [0.4, 0.5) is 5.69 Å². The molecule has 1 aliphatic carbocycles. The molecule has 1 saturated carbocycles. The lowest BCUT2D eigenvalue weighted by molar-refractivity contribution is 0.0681. The van der Waals surface area contributed by atoms with Crippen molar-refractivity contribution in [2.45, 2.75) is 38.7 Å². The van der Waals surface area contributed by atoms with Crippen molar-refractivity contribution in [2.24, 2.45) is 11.8 Å². The maximum absolute atomic E-state index is 6.45. The van der Waals surface area contributed by atoms with E-state index in [1.807, 2.05) is 23.6 Å². The molecule has 3 aromatic rings. The summed E-state index contributed by atoms with van der Waals surface area (Å²) >= 11 is 0. The molecule has 4 heterocycles. The number of fused-ring (bicyclic) bond motifs is 5.